The molecule has 1 heterocycles. The zero-order chi connectivity index (χ0) is 13.0. The normalized spacial score (nSPS) is 11.1. The highest BCUT2D eigenvalue weighted by Gasteiger charge is 2.15. The number of carboxylic acids is 1. The molecule has 0 spiro atoms. The Morgan fingerprint density at radius 2 is 2.12 bits per heavy atom. The summed E-state index contributed by atoms with van der Waals surface area (Å²) in [7, 11) is 1.75. The molecule has 0 saturated carbocycles. The standard InChI is InChI=1S/C12H15NO3S/c1-8(2)13(3)12(16)9-6-10(17-7-9)4-5-11(14)15/h4-8H,1-3H3,(H,14,15). The zero-order valence-electron chi connectivity index (χ0n) is 10.0. The van der Waals surface area contributed by atoms with E-state index in [2.05, 4.69) is 0 Å². The second kappa shape index (κ2) is 5.63. The summed E-state index contributed by atoms with van der Waals surface area (Å²) in [6.45, 7) is 3.88. The number of hydrogen-bond acceptors (Lipinski definition) is 3. The van der Waals surface area contributed by atoms with E-state index in [1.807, 2.05) is 13.8 Å². The van der Waals surface area contributed by atoms with Gasteiger partial charge in [0.05, 0.1) is 5.56 Å². The van der Waals surface area contributed by atoms with Gasteiger partial charge in [0.2, 0.25) is 0 Å². The van der Waals surface area contributed by atoms with Crippen LogP contribution in [0.25, 0.3) is 6.08 Å². The van der Waals surface area contributed by atoms with Crippen molar-refractivity contribution in [1.82, 2.24) is 4.90 Å². The summed E-state index contributed by atoms with van der Waals surface area (Å²) in [4.78, 5) is 24.7. The Labute approximate surface area is 104 Å². The number of carbonyl (C=O) groups excluding carboxylic acids is 1. The lowest BCUT2D eigenvalue weighted by Gasteiger charge is -2.20. The van der Waals surface area contributed by atoms with Gasteiger partial charge in [-0.2, -0.15) is 0 Å². The van der Waals surface area contributed by atoms with E-state index in [1.165, 1.54) is 17.4 Å². The molecule has 0 aliphatic heterocycles. The van der Waals surface area contributed by atoms with Crippen LogP contribution < -0.4 is 0 Å². The highest BCUT2D eigenvalue weighted by atomic mass is 32.1. The first-order valence-corrected chi connectivity index (χ1v) is 6.06. The van der Waals surface area contributed by atoms with Crippen LogP contribution in [0.2, 0.25) is 0 Å². The Balaban J connectivity index is 2.81. The molecular formula is C12H15NO3S. The van der Waals surface area contributed by atoms with E-state index >= 15 is 0 Å². The minimum absolute atomic E-state index is 0.0498. The Morgan fingerprint density at radius 1 is 1.47 bits per heavy atom. The van der Waals surface area contributed by atoms with Crippen molar-refractivity contribution in [2.75, 3.05) is 7.05 Å². The van der Waals surface area contributed by atoms with Crippen LogP contribution in [0.1, 0.15) is 29.1 Å². The van der Waals surface area contributed by atoms with Gasteiger partial charge in [-0.05, 0) is 26.0 Å². The summed E-state index contributed by atoms with van der Waals surface area (Å²) in [6, 6.07) is 1.84. The van der Waals surface area contributed by atoms with Crippen LogP contribution in [0.5, 0.6) is 0 Å². The largest absolute Gasteiger partial charge is 0.478 e. The summed E-state index contributed by atoms with van der Waals surface area (Å²) in [6.07, 6.45) is 2.55. The van der Waals surface area contributed by atoms with Gasteiger partial charge in [0.25, 0.3) is 5.91 Å². The first-order chi connectivity index (χ1) is 7.91. The minimum Gasteiger partial charge on any atom is -0.478 e. The third-order valence-electron chi connectivity index (χ3n) is 2.35. The Hall–Kier alpha value is -1.62. The van der Waals surface area contributed by atoms with Gasteiger partial charge in [0.15, 0.2) is 0 Å². The maximum Gasteiger partial charge on any atom is 0.328 e. The molecule has 1 aromatic rings. The molecule has 4 nitrogen and oxygen atoms in total. The average Bonchev–Trinajstić information content (AvgIpc) is 2.72. The van der Waals surface area contributed by atoms with Gasteiger partial charge < -0.3 is 10.0 Å². The van der Waals surface area contributed by atoms with Crippen LogP contribution in [0, 0.1) is 0 Å². The van der Waals surface area contributed by atoms with Crippen molar-refractivity contribution in [3.8, 4) is 0 Å². The van der Waals surface area contributed by atoms with Crippen molar-refractivity contribution in [3.63, 3.8) is 0 Å². The molecule has 17 heavy (non-hydrogen) atoms. The lowest BCUT2D eigenvalue weighted by Crippen LogP contribution is -2.32. The quantitative estimate of drug-likeness (QED) is 0.838. The lowest BCUT2D eigenvalue weighted by molar-refractivity contribution is -0.131. The Morgan fingerprint density at radius 3 is 2.65 bits per heavy atom. The van der Waals surface area contributed by atoms with Crippen molar-refractivity contribution in [2.45, 2.75) is 19.9 Å². The molecule has 1 rings (SSSR count). The van der Waals surface area contributed by atoms with E-state index < -0.39 is 5.97 Å². The molecule has 0 unspecified atom stereocenters. The summed E-state index contributed by atoms with van der Waals surface area (Å²) in [5, 5.41) is 10.2. The van der Waals surface area contributed by atoms with Crippen LogP contribution in [0.4, 0.5) is 0 Å². The maximum absolute atomic E-state index is 11.9. The third-order valence-corrected chi connectivity index (χ3v) is 3.25. The lowest BCUT2D eigenvalue weighted by atomic mass is 10.2. The fourth-order valence-electron chi connectivity index (χ4n) is 1.14. The second-order valence-electron chi connectivity index (χ2n) is 3.92. The van der Waals surface area contributed by atoms with Crippen molar-refractivity contribution in [1.29, 1.82) is 0 Å². The summed E-state index contributed by atoms with van der Waals surface area (Å²) in [5.41, 5.74) is 0.594. The summed E-state index contributed by atoms with van der Waals surface area (Å²) < 4.78 is 0. The Kier molecular flexibility index (Phi) is 4.45. The van der Waals surface area contributed by atoms with Crippen LogP contribution in [0.15, 0.2) is 17.5 Å². The van der Waals surface area contributed by atoms with E-state index in [9.17, 15) is 9.59 Å². The molecule has 1 N–H and O–H groups in total. The molecule has 0 radical (unpaired) electrons. The van der Waals surface area contributed by atoms with E-state index in [0.717, 1.165) is 11.0 Å². The summed E-state index contributed by atoms with van der Waals surface area (Å²) in [5.74, 6) is -1.04. The fourth-order valence-corrected chi connectivity index (χ4v) is 1.92. The molecular weight excluding hydrogens is 238 g/mol. The maximum atomic E-state index is 11.9. The molecule has 5 heteroatoms. The topological polar surface area (TPSA) is 57.6 Å². The van der Waals surface area contributed by atoms with E-state index in [1.54, 1.807) is 23.4 Å². The van der Waals surface area contributed by atoms with Gasteiger partial charge in [-0.15, -0.1) is 11.3 Å². The zero-order valence-corrected chi connectivity index (χ0v) is 10.8. The van der Waals surface area contributed by atoms with Crippen LogP contribution in [0.3, 0.4) is 0 Å². The van der Waals surface area contributed by atoms with Crippen molar-refractivity contribution >= 4 is 29.3 Å². The number of thiophene rings is 1. The predicted molar refractivity (Wildman–Crippen MR) is 68.2 cm³/mol. The van der Waals surface area contributed by atoms with Crippen LogP contribution in [-0.2, 0) is 4.79 Å². The van der Waals surface area contributed by atoms with Gasteiger partial charge in [0.1, 0.15) is 0 Å². The van der Waals surface area contributed by atoms with Gasteiger partial charge in [0, 0.05) is 29.4 Å². The van der Waals surface area contributed by atoms with E-state index in [-0.39, 0.29) is 11.9 Å². The van der Waals surface area contributed by atoms with E-state index in [0.29, 0.717) is 5.56 Å². The molecule has 0 saturated heterocycles. The Bertz CT molecular complexity index is 448. The molecule has 0 bridgehead atoms. The second-order valence-corrected chi connectivity index (χ2v) is 4.86. The van der Waals surface area contributed by atoms with Crippen LogP contribution in [-0.4, -0.2) is 35.0 Å². The third kappa shape index (κ3) is 3.71. The fraction of sp³-hybridized carbons (Fsp3) is 0.333. The van der Waals surface area contributed by atoms with Gasteiger partial charge in [-0.25, -0.2) is 4.79 Å². The number of carboxylic acid groups (broad SMARTS) is 1. The van der Waals surface area contributed by atoms with Crippen molar-refractivity contribution < 1.29 is 14.7 Å². The van der Waals surface area contributed by atoms with E-state index in [4.69, 9.17) is 5.11 Å². The number of hydrogen-bond donors (Lipinski definition) is 1. The van der Waals surface area contributed by atoms with Gasteiger partial charge >= 0.3 is 5.97 Å². The van der Waals surface area contributed by atoms with Gasteiger partial charge in [-0.3, -0.25) is 4.79 Å². The minimum atomic E-state index is -0.995. The number of aliphatic carboxylic acids is 1. The molecule has 0 aliphatic rings. The SMILES string of the molecule is CC(C)N(C)C(=O)c1csc(C=CC(=O)O)c1. The number of nitrogens with zero attached hydrogens (tertiary/aromatic N) is 1. The number of carbonyl (C=O) groups is 2. The average molecular weight is 253 g/mol. The molecule has 0 fully saturated rings. The van der Waals surface area contributed by atoms with Crippen molar-refractivity contribution in [3.05, 3.63) is 28.0 Å². The number of amides is 1. The molecule has 0 aliphatic carbocycles. The van der Waals surface area contributed by atoms with Gasteiger partial charge in [-0.1, -0.05) is 0 Å². The smallest absolute Gasteiger partial charge is 0.328 e. The predicted octanol–water partition coefficient (Wildman–Crippen LogP) is 2.33. The highest BCUT2D eigenvalue weighted by molar-refractivity contribution is 7.11. The first-order valence-electron chi connectivity index (χ1n) is 5.18. The summed E-state index contributed by atoms with van der Waals surface area (Å²) >= 11 is 1.35. The first kappa shape index (κ1) is 13.4. The highest BCUT2D eigenvalue weighted by Crippen LogP contribution is 2.18. The monoisotopic (exact) mass is 253 g/mol. The molecule has 1 aromatic heterocycles. The molecule has 0 atom stereocenters. The van der Waals surface area contributed by atoms with Crippen molar-refractivity contribution in [2.24, 2.45) is 0 Å². The molecule has 1 amide bonds. The number of rotatable bonds is 4. The van der Waals surface area contributed by atoms with Crippen LogP contribution >= 0.6 is 11.3 Å². The molecule has 0 aromatic carbocycles. The molecule has 92 valence electrons.